The average Bonchev–Trinajstić information content (AvgIpc) is 2.47. The van der Waals surface area contributed by atoms with Crippen LogP contribution in [0.25, 0.3) is 0 Å². The lowest BCUT2D eigenvalue weighted by Gasteiger charge is -2.35. The molecule has 1 fully saturated rings. The molecule has 1 aliphatic rings. The number of carbonyl (C=O) groups is 1. The molecule has 0 aromatic heterocycles. The zero-order valence-electron chi connectivity index (χ0n) is 12.6. The Morgan fingerprint density at radius 3 is 2.70 bits per heavy atom. The van der Waals surface area contributed by atoms with Crippen LogP contribution < -0.4 is 4.74 Å². The molecule has 1 heterocycles. The molecule has 0 bridgehead atoms. The number of Topliss-reactive ketones (excluding diaryl/α,β-unsaturated/α-hetero) is 1. The molecule has 1 aliphatic heterocycles. The van der Waals surface area contributed by atoms with Gasteiger partial charge in [-0.2, -0.15) is 0 Å². The van der Waals surface area contributed by atoms with E-state index in [4.69, 9.17) is 4.74 Å². The summed E-state index contributed by atoms with van der Waals surface area (Å²) in [5, 5.41) is 0. The fraction of sp³-hybridized carbons (Fsp3) is 0.562. The van der Waals surface area contributed by atoms with Crippen LogP contribution in [0.4, 0.5) is 0 Å². The molecule has 0 amide bonds. The van der Waals surface area contributed by atoms with Crippen LogP contribution in [-0.4, -0.2) is 62.5 Å². The minimum atomic E-state index is 0.170. The first-order valence-corrected chi connectivity index (χ1v) is 7.16. The fourth-order valence-corrected chi connectivity index (χ4v) is 2.72. The Kier molecular flexibility index (Phi) is 5.15. The summed E-state index contributed by atoms with van der Waals surface area (Å²) in [5.74, 6) is 0.951. The number of rotatable bonds is 5. The van der Waals surface area contributed by atoms with Crippen molar-refractivity contribution >= 4 is 5.78 Å². The molecule has 1 aromatic rings. The van der Waals surface area contributed by atoms with Crippen LogP contribution in [0.3, 0.4) is 0 Å². The highest BCUT2D eigenvalue weighted by atomic mass is 16.5. The SMILES string of the molecule is COc1ccc(C(=O)CN(C)C2CCCN(C)C2)cc1. The Labute approximate surface area is 121 Å². The van der Waals surface area contributed by atoms with Crippen LogP contribution in [0.1, 0.15) is 23.2 Å². The van der Waals surface area contributed by atoms with Crippen molar-refractivity contribution in [3.8, 4) is 5.75 Å². The molecule has 0 N–H and O–H groups in total. The summed E-state index contributed by atoms with van der Waals surface area (Å²) >= 11 is 0. The van der Waals surface area contributed by atoms with Gasteiger partial charge in [0, 0.05) is 18.2 Å². The summed E-state index contributed by atoms with van der Waals surface area (Å²) in [5.41, 5.74) is 0.752. The molecule has 1 saturated heterocycles. The van der Waals surface area contributed by atoms with Crippen LogP contribution in [0.15, 0.2) is 24.3 Å². The van der Waals surface area contributed by atoms with Crippen molar-refractivity contribution in [2.45, 2.75) is 18.9 Å². The fourth-order valence-electron chi connectivity index (χ4n) is 2.72. The maximum absolute atomic E-state index is 12.3. The summed E-state index contributed by atoms with van der Waals surface area (Å²) in [6.45, 7) is 2.69. The van der Waals surface area contributed by atoms with Gasteiger partial charge in [0.2, 0.25) is 0 Å². The van der Waals surface area contributed by atoms with Crippen LogP contribution in [-0.2, 0) is 0 Å². The van der Waals surface area contributed by atoms with Crippen molar-refractivity contribution in [2.75, 3.05) is 40.8 Å². The lowest BCUT2D eigenvalue weighted by molar-refractivity contribution is 0.0857. The molecule has 0 spiro atoms. The standard InChI is InChI=1S/C16H24N2O2/c1-17-10-4-5-14(11-17)18(2)12-16(19)13-6-8-15(20-3)9-7-13/h6-9,14H,4-5,10-12H2,1-3H3. The maximum Gasteiger partial charge on any atom is 0.176 e. The minimum absolute atomic E-state index is 0.170. The van der Waals surface area contributed by atoms with E-state index < -0.39 is 0 Å². The average molecular weight is 276 g/mol. The van der Waals surface area contributed by atoms with Crippen molar-refractivity contribution in [1.82, 2.24) is 9.80 Å². The van der Waals surface area contributed by atoms with E-state index in [1.54, 1.807) is 7.11 Å². The zero-order chi connectivity index (χ0) is 14.5. The molecule has 4 nitrogen and oxygen atoms in total. The third-order valence-corrected chi connectivity index (χ3v) is 4.03. The number of hydrogen-bond acceptors (Lipinski definition) is 4. The number of ether oxygens (including phenoxy) is 1. The molecule has 0 saturated carbocycles. The number of likely N-dealkylation sites (N-methyl/N-ethyl adjacent to an activating group) is 2. The Hall–Kier alpha value is -1.39. The molecule has 0 aliphatic carbocycles. The van der Waals surface area contributed by atoms with E-state index in [9.17, 15) is 4.79 Å². The summed E-state index contributed by atoms with van der Waals surface area (Å²) in [4.78, 5) is 16.8. The second-order valence-electron chi connectivity index (χ2n) is 5.63. The molecular formula is C16H24N2O2. The van der Waals surface area contributed by atoms with Gasteiger partial charge < -0.3 is 9.64 Å². The first-order chi connectivity index (χ1) is 9.60. The van der Waals surface area contributed by atoms with Gasteiger partial charge in [-0.25, -0.2) is 0 Å². The second kappa shape index (κ2) is 6.86. The maximum atomic E-state index is 12.3. The third-order valence-electron chi connectivity index (χ3n) is 4.03. The van der Waals surface area contributed by atoms with Crippen molar-refractivity contribution in [3.05, 3.63) is 29.8 Å². The van der Waals surface area contributed by atoms with E-state index in [2.05, 4.69) is 16.8 Å². The van der Waals surface area contributed by atoms with E-state index in [1.165, 1.54) is 12.8 Å². The van der Waals surface area contributed by atoms with Gasteiger partial charge in [0.1, 0.15) is 5.75 Å². The number of carbonyl (C=O) groups excluding carboxylic acids is 1. The van der Waals surface area contributed by atoms with Gasteiger partial charge in [0.15, 0.2) is 5.78 Å². The highest BCUT2D eigenvalue weighted by Crippen LogP contribution is 2.15. The number of likely N-dealkylation sites (tertiary alicyclic amines) is 1. The van der Waals surface area contributed by atoms with Gasteiger partial charge in [-0.3, -0.25) is 9.69 Å². The number of benzene rings is 1. The number of nitrogens with zero attached hydrogens (tertiary/aromatic N) is 2. The molecule has 1 unspecified atom stereocenters. The van der Waals surface area contributed by atoms with Crippen LogP contribution >= 0.6 is 0 Å². The predicted octanol–water partition coefficient (Wildman–Crippen LogP) is 1.90. The van der Waals surface area contributed by atoms with Crippen molar-refractivity contribution in [3.63, 3.8) is 0 Å². The van der Waals surface area contributed by atoms with Crippen molar-refractivity contribution in [1.29, 1.82) is 0 Å². The minimum Gasteiger partial charge on any atom is -0.497 e. The molecule has 1 atom stereocenters. The first kappa shape index (κ1) is 15.0. The number of methoxy groups -OCH3 is 1. The van der Waals surface area contributed by atoms with Gasteiger partial charge in [0.25, 0.3) is 0 Å². The topological polar surface area (TPSA) is 32.8 Å². The van der Waals surface area contributed by atoms with E-state index in [-0.39, 0.29) is 5.78 Å². The van der Waals surface area contributed by atoms with Crippen molar-refractivity contribution in [2.24, 2.45) is 0 Å². The Morgan fingerprint density at radius 1 is 1.40 bits per heavy atom. The Morgan fingerprint density at radius 2 is 2.10 bits per heavy atom. The lowest BCUT2D eigenvalue weighted by Crippen LogP contribution is -2.46. The number of hydrogen-bond donors (Lipinski definition) is 0. The Bertz CT molecular complexity index is 444. The summed E-state index contributed by atoms with van der Waals surface area (Å²) < 4.78 is 5.11. The highest BCUT2D eigenvalue weighted by Gasteiger charge is 2.22. The summed E-state index contributed by atoms with van der Waals surface area (Å²) in [6, 6.07) is 7.82. The van der Waals surface area contributed by atoms with Crippen molar-refractivity contribution < 1.29 is 9.53 Å². The third kappa shape index (κ3) is 3.81. The van der Waals surface area contributed by atoms with E-state index >= 15 is 0 Å². The molecular weight excluding hydrogens is 252 g/mol. The Balaban J connectivity index is 1.92. The largest absolute Gasteiger partial charge is 0.497 e. The normalized spacial score (nSPS) is 20.1. The molecule has 110 valence electrons. The van der Waals surface area contributed by atoms with Gasteiger partial charge >= 0.3 is 0 Å². The number of piperidine rings is 1. The molecule has 1 aromatic carbocycles. The quantitative estimate of drug-likeness (QED) is 0.769. The van der Waals surface area contributed by atoms with Gasteiger partial charge in [-0.15, -0.1) is 0 Å². The zero-order valence-corrected chi connectivity index (χ0v) is 12.6. The van der Waals surface area contributed by atoms with Gasteiger partial charge in [-0.05, 0) is 57.7 Å². The molecule has 2 rings (SSSR count). The van der Waals surface area contributed by atoms with Crippen LogP contribution in [0.2, 0.25) is 0 Å². The number of ketones is 1. The second-order valence-corrected chi connectivity index (χ2v) is 5.63. The van der Waals surface area contributed by atoms with Crippen LogP contribution in [0.5, 0.6) is 5.75 Å². The van der Waals surface area contributed by atoms with E-state index in [1.807, 2.05) is 31.3 Å². The predicted molar refractivity (Wildman–Crippen MR) is 80.5 cm³/mol. The van der Waals surface area contributed by atoms with Gasteiger partial charge in [-0.1, -0.05) is 0 Å². The van der Waals surface area contributed by atoms with E-state index in [0.717, 1.165) is 24.4 Å². The monoisotopic (exact) mass is 276 g/mol. The smallest absolute Gasteiger partial charge is 0.176 e. The summed E-state index contributed by atoms with van der Waals surface area (Å²) in [7, 11) is 5.82. The lowest BCUT2D eigenvalue weighted by atomic mass is 10.0. The molecule has 20 heavy (non-hydrogen) atoms. The van der Waals surface area contributed by atoms with Crippen LogP contribution in [0, 0.1) is 0 Å². The molecule has 0 radical (unpaired) electrons. The summed E-state index contributed by atoms with van der Waals surface area (Å²) in [6.07, 6.45) is 2.39. The highest BCUT2D eigenvalue weighted by molar-refractivity contribution is 5.97. The van der Waals surface area contributed by atoms with E-state index in [0.29, 0.717) is 12.6 Å². The first-order valence-electron chi connectivity index (χ1n) is 7.16. The molecule has 4 heteroatoms. The van der Waals surface area contributed by atoms with Gasteiger partial charge in [0.05, 0.1) is 13.7 Å².